The second-order valence-electron chi connectivity index (χ2n) is 6.19. The number of Topliss-reactive ketones (excluding diaryl/α,β-unsaturated/α-hetero) is 1. The summed E-state index contributed by atoms with van der Waals surface area (Å²) in [6.45, 7) is 2.05. The molecule has 1 heterocycles. The molecule has 0 saturated heterocycles. The molecule has 0 N–H and O–H groups in total. The van der Waals surface area contributed by atoms with Crippen molar-refractivity contribution in [1.82, 2.24) is 4.98 Å². The van der Waals surface area contributed by atoms with Crippen molar-refractivity contribution in [3.63, 3.8) is 0 Å². The van der Waals surface area contributed by atoms with Gasteiger partial charge in [-0.2, -0.15) is 0 Å². The summed E-state index contributed by atoms with van der Waals surface area (Å²) in [7, 11) is 1.58. The Balaban J connectivity index is 1.98. The number of pyridine rings is 1. The first-order valence-corrected chi connectivity index (χ1v) is 9.20. The maximum atomic E-state index is 13.3. The summed E-state index contributed by atoms with van der Waals surface area (Å²) in [4.78, 5) is 17.4. The van der Waals surface area contributed by atoms with Gasteiger partial charge in [0, 0.05) is 23.2 Å². The number of carbonyl (C=O) groups is 1. The second-order valence-corrected chi connectivity index (χ2v) is 7.11. The standard InChI is InChI=1S/C22H20BrNO2/c1-15-5-3-4-6-19(15)22(17-7-9-18(23)10-8-17)20(25)13-16-11-12-24-21(14-16)26-2/h3-12,14,22H,13H2,1-2H3. The number of hydrogen-bond donors (Lipinski definition) is 0. The molecule has 0 fully saturated rings. The summed E-state index contributed by atoms with van der Waals surface area (Å²) < 4.78 is 6.17. The van der Waals surface area contributed by atoms with E-state index in [9.17, 15) is 4.79 Å². The lowest BCUT2D eigenvalue weighted by molar-refractivity contribution is -0.119. The molecule has 0 amide bonds. The van der Waals surface area contributed by atoms with E-state index >= 15 is 0 Å². The number of methoxy groups -OCH3 is 1. The van der Waals surface area contributed by atoms with Crippen molar-refractivity contribution >= 4 is 21.7 Å². The Morgan fingerprint density at radius 1 is 1.12 bits per heavy atom. The molecule has 0 aliphatic heterocycles. The van der Waals surface area contributed by atoms with Crippen LogP contribution in [0, 0.1) is 6.92 Å². The Kier molecular flexibility index (Phi) is 5.84. The zero-order valence-corrected chi connectivity index (χ0v) is 16.4. The summed E-state index contributed by atoms with van der Waals surface area (Å²) in [5.41, 5.74) is 4.05. The average Bonchev–Trinajstić information content (AvgIpc) is 2.65. The van der Waals surface area contributed by atoms with Crippen LogP contribution in [0.25, 0.3) is 0 Å². The van der Waals surface area contributed by atoms with Crippen LogP contribution in [0.15, 0.2) is 71.3 Å². The molecule has 1 aromatic heterocycles. The van der Waals surface area contributed by atoms with Gasteiger partial charge in [0.05, 0.1) is 13.0 Å². The molecule has 1 unspecified atom stereocenters. The summed E-state index contributed by atoms with van der Waals surface area (Å²) in [5, 5.41) is 0. The van der Waals surface area contributed by atoms with Gasteiger partial charge in [-0.1, -0.05) is 52.3 Å². The summed E-state index contributed by atoms with van der Waals surface area (Å²) in [6.07, 6.45) is 2.00. The molecule has 3 rings (SSSR count). The highest BCUT2D eigenvalue weighted by Gasteiger charge is 2.24. The van der Waals surface area contributed by atoms with Crippen LogP contribution in [0.1, 0.15) is 28.2 Å². The van der Waals surface area contributed by atoms with Crippen molar-refractivity contribution in [2.45, 2.75) is 19.3 Å². The molecule has 132 valence electrons. The largest absolute Gasteiger partial charge is 0.481 e. The van der Waals surface area contributed by atoms with Gasteiger partial charge in [-0.25, -0.2) is 4.98 Å². The van der Waals surface area contributed by atoms with Gasteiger partial charge < -0.3 is 4.74 Å². The van der Waals surface area contributed by atoms with Crippen LogP contribution in [-0.4, -0.2) is 17.9 Å². The maximum absolute atomic E-state index is 13.3. The van der Waals surface area contributed by atoms with E-state index in [0.29, 0.717) is 12.3 Å². The Labute approximate surface area is 162 Å². The number of hydrogen-bond acceptors (Lipinski definition) is 3. The van der Waals surface area contributed by atoms with E-state index in [-0.39, 0.29) is 11.7 Å². The van der Waals surface area contributed by atoms with E-state index < -0.39 is 0 Å². The first-order chi connectivity index (χ1) is 12.6. The third-order valence-electron chi connectivity index (χ3n) is 4.41. The van der Waals surface area contributed by atoms with Gasteiger partial charge in [0.1, 0.15) is 5.78 Å². The third-order valence-corrected chi connectivity index (χ3v) is 4.94. The van der Waals surface area contributed by atoms with Crippen molar-refractivity contribution in [3.05, 3.63) is 93.6 Å². The smallest absolute Gasteiger partial charge is 0.213 e. The lowest BCUT2D eigenvalue weighted by Gasteiger charge is -2.19. The highest BCUT2D eigenvalue weighted by atomic mass is 79.9. The van der Waals surface area contributed by atoms with Gasteiger partial charge in [0.2, 0.25) is 5.88 Å². The number of rotatable bonds is 6. The number of halogens is 1. The van der Waals surface area contributed by atoms with Crippen molar-refractivity contribution in [3.8, 4) is 5.88 Å². The fraction of sp³-hybridized carbons (Fsp3) is 0.182. The highest BCUT2D eigenvalue weighted by Crippen LogP contribution is 2.30. The number of benzene rings is 2. The van der Waals surface area contributed by atoms with E-state index in [4.69, 9.17) is 4.74 Å². The zero-order valence-electron chi connectivity index (χ0n) is 14.8. The van der Waals surface area contributed by atoms with E-state index in [0.717, 1.165) is 26.7 Å². The minimum Gasteiger partial charge on any atom is -0.481 e. The van der Waals surface area contributed by atoms with Crippen LogP contribution in [0.2, 0.25) is 0 Å². The fourth-order valence-corrected chi connectivity index (χ4v) is 3.34. The molecule has 0 aliphatic carbocycles. The van der Waals surface area contributed by atoms with Crippen LogP contribution < -0.4 is 4.74 Å². The number of nitrogens with zero attached hydrogens (tertiary/aromatic N) is 1. The number of aromatic nitrogens is 1. The quantitative estimate of drug-likeness (QED) is 0.567. The van der Waals surface area contributed by atoms with Crippen molar-refractivity contribution in [1.29, 1.82) is 0 Å². The molecule has 2 aromatic carbocycles. The topological polar surface area (TPSA) is 39.2 Å². The van der Waals surface area contributed by atoms with Crippen LogP contribution >= 0.6 is 15.9 Å². The predicted molar refractivity (Wildman–Crippen MR) is 107 cm³/mol. The fourth-order valence-electron chi connectivity index (χ4n) is 3.08. The summed E-state index contributed by atoms with van der Waals surface area (Å²) in [6, 6.07) is 19.7. The molecule has 3 nitrogen and oxygen atoms in total. The first-order valence-electron chi connectivity index (χ1n) is 8.41. The normalized spacial score (nSPS) is 11.8. The van der Waals surface area contributed by atoms with Gasteiger partial charge in [-0.15, -0.1) is 0 Å². The average molecular weight is 410 g/mol. The minimum atomic E-state index is -0.302. The third kappa shape index (κ3) is 4.20. The molecule has 0 aliphatic rings. The Hall–Kier alpha value is -2.46. The SMILES string of the molecule is COc1cc(CC(=O)C(c2ccc(Br)cc2)c2ccccc2C)ccn1. The van der Waals surface area contributed by atoms with Crippen molar-refractivity contribution in [2.24, 2.45) is 0 Å². The monoisotopic (exact) mass is 409 g/mol. The molecule has 0 radical (unpaired) electrons. The minimum absolute atomic E-state index is 0.148. The van der Waals surface area contributed by atoms with Crippen molar-refractivity contribution in [2.75, 3.05) is 7.11 Å². The lowest BCUT2D eigenvalue weighted by Crippen LogP contribution is -2.17. The Bertz CT molecular complexity index is 906. The summed E-state index contributed by atoms with van der Waals surface area (Å²) >= 11 is 3.47. The maximum Gasteiger partial charge on any atom is 0.213 e. The molecule has 1 atom stereocenters. The molecule has 0 saturated carbocycles. The molecular formula is C22H20BrNO2. The number of ketones is 1. The second kappa shape index (κ2) is 8.28. The predicted octanol–water partition coefficient (Wildman–Crippen LogP) is 5.10. The van der Waals surface area contributed by atoms with Gasteiger partial charge in [-0.05, 0) is 47.4 Å². The Morgan fingerprint density at radius 3 is 2.54 bits per heavy atom. The Morgan fingerprint density at radius 2 is 1.85 bits per heavy atom. The molecule has 0 bridgehead atoms. The molecular weight excluding hydrogens is 390 g/mol. The van der Waals surface area contributed by atoms with Gasteiger partial charge in [-0.3, -0.25) is 4.79 Å². The van der Waals surface area contributed by atoms with E-state index in [1.807, 2.05) is 67.6 Å². The number of aryl methyl sites for hydroxylation is 1. The molecule has 0 spiro atoms. The number of carbonyl (C=O) groups excluding carboxylic acids is 1. The van der Waals surface area contributed by atoms with Gasteiger partial charge >= 0.3 is 0 Å². The lowest BCUT2D eigenvalue weighted by atomic mass is 9.83. The highest BCUT2D eigenvalue weighted by molar-refractivity contribution is 9.10. The van der Waals surface area contributed by atoms with Crippen LogP contribution in [0.4, 0.5) is 0 Å². The van der Waals surface area contributed by atoms with E-state index in [2.05, 4.69) is 20.9 Å². The van der Waals surface area contributed by atoms with E-state index in [1.165, 1.54) is 0 Å². The zero-order chi connectivity index (χ0) is 18.5. The van der Waals surface area contributed by atoms with Crippen LogP contribution in [0.3, 0.4) is 0 Å². The van der Waals surface area contributed by atoms with Gasteiger partial charge in [0.15, 0.2) is 0 Å². The van der Waals surface area contributed by atoms with E-state index in [1.54, 1.807) is 13.3 Å². The first kappa shape index (κ1) is 18.3. The summed E-state index contributed by atoms with van der Waals surface area (Å²) in [5.74, 6) is 0.365. The van der Waals surface area contributed by atoms with Gasteiger partial charge in [0.25, 0.3) is 0 Å². The molecule has 26 heavy (non-hydrogen) atoms. The van der Waals surface area contributed by atoms with Crippen LogP contribution in [-0.2, 0) is 11.2 Å². The van der Waals surface area contributed by atoms with Crippen LogP contribution in [0.5, 0.6) is 5.88 Å². The van der Waals surface area contributed by atoms with Crippen molar-refractivity contribution < 1.29 is 9.53 Å². The number of ether oxygens (including phenoxy) is 1. The molecule has 3 aromatic rings. The molecule has 4 heteroatoms.